The highest BCUT2D eigenvalue weighted by Gasteiger charge is 2.18. The molecule has 0 unspecified atom stereocenters. The Balaban J connectivity index is 0.000000195. The largest absolute Gasteiger partial charge is 0.399 e. The van der Waals surface area contributed by atoms with Gasteiger partial charge in [0, 0.05) is 22.8 Å². The van der Waals surface area contributed by atoms with Crippen molar-refractivity contribution in [2.75, 3.05) is 5.73 Å². The van der Waals surface area contributed by atoms with E-state index in [9.17, 15) is 0 Å². The number of para-hydroxylation sites is 1. The lowest BCUT2D eigenvalue weighted by atomic mass is 9.84. The maximum absolute atomic E-state index is 8.12. The van der Waals surface area contributed by atoms with E-state index < -0.39 is 0 Å². The number of rotatable bonds is 4. The summed E-state index contributed by atoms with van der Waals surface area (Å²) in [6.07, 6.45) is 7.31. The number of nitrogens with one attached hydrogen (secondary N) is 2. The number of anilines is 1. The van der Waals surface area contributed by atoms with Gasteiger partial charge in [-0.1, -0.05) is 146 Å². The Morgan fingerprint density at radius 1 is 0.418 bits per heavy atom. The van der Waals surface area contributed by atoms with Gasteiger partial charge >= 0.3 is 0 Å². The number of hydrogen-bond donors (Lipinski definition) is 3. The van der Waals surface area contributed by atoms with Crippen LogP contribution in [0.15, 0.2) is 194 Å². The molecule has 9 aromatic rings. The first kappa shape index (κ1) is 33.4. The molecule has 0 atom stereocenters. The minimum atomic E-state index is 0.239. The molecule has 1 aliphatic carbocycles. The molecule has 8 aromatic carbocycles. The summed E-state index contributed by atoms with van der Waals surface area (Å²) < 4.78 is 0. The Bertz CT molecular complexity index is 2960. The Hall–Kier alpha value is -7.43. The molecule has 1 aliphatic rings. The van der Waals surface area contributed by atoms with Crippen LogP contribution in [-0.2, 0) is 0 Å². The van der Waals surface area contributed by atoms with Crippen LogP contribution in [0.1, 0.15) is 5.56 Å². The number of nitrogen functional groups attached to an aromatic ring is 1. The van der Waals surface area contributed by atoms with Gasteiger partial charge in [-0.15, -0.1) is 0 Å². The zero-order chi connectivity index (χ0) is 37.3. The van der Waals surface area contributed by atoms with Gasteiger partial charge in [-0.05, 0) is 114 Å². The highest BCUT2D eigenvalue weighted by molar-refractivity contribution is 6.50. The third-order valence-electron chi connectivity index (χ3n) is 10.3. The van der Waals surface area contributed by atoms with E-state index in [4.69, 9.17) is 16.6 Å². The van der Waals surface area contributed by atoms with Crippen molar-refractivity contribution in [1.82, 2.24) is 4.98 Å². The summed E-state index contributed by atoms with van der Waals surface area (Å²) in [4.78, 5) is 4.45. The van der Waals surface area contributed by atoms with E-state index in [0.717, 1.165) is 44.4 Å². The highest BCUT2D eigenvalue weighted by atomic mass is 14.6. The van der Waals surface area contributed by atoms with Crippen LogP contribution >= 0.6 is 0 Å². The second-order valence-corrected chi connectivity index (χ2v) is 13.7. The van der Waals surface area contributed by atoms with Gasteiger partial charge in [0.1, 0.15) is 0 Å². The fourth-order valence-corrected chi connectivity index (χ4v) is 7.66. The monoisotopic (exact) mass is 704 g/mol. The third kappa shape index (κ3) is 6.36. The lowest BCUT2D eigenvalue weighted by Crippen LogP contribution is -2.09. The van der Waals surface area contributed by atoms with Crippen molar-refractivity contribution in [1.29, 1.82) is 10.8 Å². The smallest absolute Gasteiger partial charge is 0.0795 e. The van der Waals surface area contributed by atoms with Crippen molar-refractivity contribution < 1.29 is 0 Å². The van der Waals surface area contributed by atoms with Crippen LogP contribution in [0.25, 0.3) is 82.2 Å². The molecule has 1 aromatic heterocycles. The molecule has 0 spiro atoms. The van der Waals surface area contributed by atoms with Crippen LogP contribution in [-0.4, -0.2) is 16.4 Å². The van der Waals surface area contributed by atoms with Crippen LogP contribution in [0.5, 0.6) is 0 Å². The van der Waals surface area contributed by atoms with Gasteiger partial charge in [0.2, 0.25) is 0 Å². The number of pyridine rings is 1. The topological polar surface area (TPSA) is 86.6 Å². The molecule has 0 saturated carbocycles. The lowest BCUT2D eigenvalue weighted by Gasteiger charge is -2.19. The molecule has 4 heteroatoms. The fraction of sp³-hybridized carbons (Fsp3) is 0. The molecule has 0 saturated heterocycles. The van der Waals surface area contributed by atoms with Gasteiger partial charge < -0.3 is 5.73 Å². The molecule has 4 N–H and O–H groups in total. The normalized spacial score (nSPS) is 12.5. The van der Waals surface area contributed by atoms with E-state index in [-0.39, 0.29) is 11.4 Å². The number of nitrogens with two attached hydrogens (primary N) is 1. The summed E-state index contributed by atoms with van der Waals surface area (Å²) in [6.45, 7) is 0. The maximum Gasteiger partial charge on any atom is 0.0795 e. The van der Waals surface area contributed by atoms with E-state index in [0.29, 0.717) is 0 Å². The number of aromatic nitrogens is 1. The average molecular weight is 705 g/mol. The number of allylic oxidation sites excluding steroid dienone is 4. The maximum atomic E-state index is 8.12. The first-order chi connectivity index (χ1) is 27.0. The number of benzene rings is 8. The van der Waals surface area contributed by atoms with Crippen LogP contribution in [0.3, 0.4) is 0 Å². The molecular formula is C51H36N4. The van der Waals surface area contributed by atoms with Crippen LogP contribution in [0.4, 0.5) is 5.69 Å². The summed E-state index contributed by atoms with van der Waals surface area (Å²) in [6, 6.07) is 59.3. The van der Waals surface area contributed by atoms with E-state index in [1.807, 2.05) is 54.7 Å². The van der Waals surface area contributed by atoms with Gasteiger partial charge in [0.25, 0.3) is 0 Å². The van der Waals surface area contributed by atoms with Gasteiger partial charge in [0.05, 0.1) is 16.9 Å². The summed E-state index contributed by atoms with van der Waals surface area (Å²) in [5.74, 6) is 0. The third-order valence-corrected chi connectivity index (χ3v) is 10.3. The van der Waals surface area contributed by atoms with Crippen molar-refractivity contribution in [3.63, 3.8) is 0 Å². The lowest BCUT2D eigenvalue weighted by molar-refractivity contribution is 1.41. The van der Waals surface area contributed by atoms with Crippen molar-refractivity contribution in [2.45, 2.75) is 0 Å². The number of fused-ring (bicyclic) bond motifs is 4. The van der Waals surface area contributed by atoms with Crippen molar-refractivity contribution in [2.24, 2.45) is 0 Å². The standard InChI is InChI=1S/C36H24N2.C15H12N2/c37-33-20-19-25(22-34(33)38)24-11-7-12-26(21-24)35-29-14-3-5-16-31(29)36(32-17-6-4-15-30(32)35)28-18-8-10-23-9-1-2-13-27(23)28;16-14-7-5-11(6-8-14)13-9-12-3-1-2-4-15(12)17-10-13/h1-22,37-38H;1-10H,16H2. The minimum absolute atomic E-state index is 0.239. The van der Waals surface area contributed by atoms with E-state index in [2.05, 4.69) is 132 Å². The quantitative estimate of drug-likeness (QED) is 0.0967. The Morgan fingerprint density at radius 2 is 1.00 bits per heavy atom. The molecule has 260 valence electrons. The number of nitrogens with zero attached hydrogens (tertiary/aromatic N) is 1. The molecule has 10 rings (SSSR count). The van der Waals surface area contributed by atoms with E-state index in [1.165, 1.54) is 49.0 Å². The predicted molar refractivity (Wildman–Crippen MR) is 234 cm³/mol. The van der Waals surface area contributed by atoms with Gasteiger partial charge in [-0.25, -0.2) is 0 Å². The molecule has 55 heavy (non-hydrogen) atoms. The first-order valence-electron chi connectivity index (χ1n) is 18.3. The highest BCUT2D eigenvalue weighted by Crippen LogP contribution is 2.45. The summed E-state index contributed by atoms with van der Waals surface area (Å²) >= 11 is 0. The van der Waals surface area contributed by atoms with Gasteiger partial charge in [-0.3, -0.25) is 15.8 Å². The van der Waals surface area contributed by atoms with Crippen molar-refractivity contribution >= 4 is 65.9 Å². The summed E-state index contributed by atoms with van der Waals surface area (Å²) in [5.41, 5.74) is 17.1. The summed E-state index contributed by atoms with van der Waals surface area (Å²) in [7, 11) is 0. The van der Waals surface area contributed by atoms with E-state index >= 15 is 0 Å². The van der Waals surface area contributed by atoms with E-state index in [1.54, 1.807) is 12.2 Å². The zero-order valence-corrected chi connectivity index (χ0v) is 30.0. The van der Waals surface area contributed by atoms with Crippen molar-refractivity contribution in [3.05, 3.63) is 200 Å². The summed E-state index contributed by atoms with van der Waals surface area (Å²) in [5, 5.41) is 24.6. The molecule has 0 fully saturated rings. The SMILES string of the molecule is N=C1C=CC(c2cccc(-c3c4ccccc4c(-c4cccc5ccccc45)c4ccccc34)c2)=CC1=N.Nc1ccc(-c2cnc3ccccc3c2)cc1. The zero-order valence-electron chi connectivity index (χ0n) is 30.0. The van der Waals surface area contributed by atoms with Crippen LogP contribution in [0.2, 0.25) is 0 Å². The minimum Gasteiger partial charge on any atom is -0.399 e. The predicted octanol–water partition coefficient (Wildman–Crippen LogP) is 13.0. The Labute approximate surface area is 319 Å². The van der Waals surface area contributed by atoms with Gasteiger partial charge in [0.15, 0.2) is 0 Å². The molecule has 0 amide bonds. The van der Waals surface area contributed by atoms with Gasteiger partial charge in [-0.2, -0.15) is 0 Å². The Morgan fingerprint density at radius 3 is 1.71 bits per heavy atom. The number of hydrogen-bond acceptors (Lipinski definition) is 4. The Kier molecular flexibility index (Phi) is 8.62. The van der Waals surface area contributed by atoms with Crippen LogP contribution < -0.4 is 5.73 Å². The molecular weight excluding hydrogens is 669 g/mol. The first-order valence-corrected chi connectivity index (χ1v) is 18.3. The molecule has 1 heterocycles. The molecule has 0 aliphatic heterocycles. The molecule has 0 bridgehead atoms. The van der Waals surface area contributed by atoms with Crippen LogP contribution in [0, 0.1) is 10.8 Å². The second-order valence-electron chi connectivity index (χ2n) is 13.7. The van der Waals surface area contributed by atoms with Crippen molar-refractivity contribution in [3.8, 4) is 33.4 Å². The fourth-order valence-electron chi connectivity index (χ4n) is 7.66. The average Bonchev–Trinajstić information content (AvgIpc) is 3.24. The second kappa shape index (κ2) is 14.2. The molecule has 4 nitrogen and oxygen atoms in total. The molecule has 0 radical (unpaired) electrons.